The SMILES string of the molecule is O=C1C=C(Br)/C(=C/C2=CC=CC2)O1. The van der Waals surface area contributed by atoms with E-state index in [0.29, 0.717) is 10.2 Å². The largest absolute Gasteiger partial charge is 0.422 e. The van der Waals surface area contributed by atoms with Crippen molar-refractivity contribution in [2.75, 3.05) is 0 Å². The Hall–Kier alpha value is -1.09. The second-order valence-electron chi connectivity index (χ2n) is 2.80. The van der Waals surface area contributed by atoms with E-state index in [2.05, 4.69) is 22.0 Å². The third kappa shape index (κ3) is 1.80. The Morgan fingerprint density at radius 1 is 1.54 bits per heavy atom. The molecule has 0 saturated heterocycles. The fourth-order valence-corrected chi connectivity index (χ4v) is 1.58. The van der Waals surface area contributed by atoms with Gasteiger partial charge in [0.25, 0.3) is 0 Å². The Morgan fingerprint density at radius 2 is 2.38 bits per heavy atom. The standard InChI is InChI=1S/C10H7BrO2/c11-8-6-10(12)13-9(8)5-7-3-1-2-4-7/h1-3,5-6H,4H2/b9-5-. The third-order valence-electron chi connectivity index (χ3n) is 1.81. The molecule has 1 heterocycles. The van der Waals surface area contributed by atoms with Crippen LogP contribution in [-0.4, -0.2) is 5.97 Å². The van der Waals surface area contributed by atoms with Crippen molar-refractivity contribution in [2.45, 2.75) is 6.42 Å². The van der Waals surface area contributed by atoms with Crippen LogP contribution in [-0.2, 0) is 9.53 Å². The second kappa shape index (κ2) is 3.34. The van der Waals surface area contributed by atoms with Crippen molar-refractivity contribution < 1.29 is 9.53 Å². The van der Waals surface area contributed by atoms with Gasteiger partial charge < -0.3 is 4.74 Å². The summed E-state index contributed by atoms with van der Waals surface area (Å²) in [5, 5.41) is 0. The van der Waals surface area contributed by atoms with Crippen LogP contribution in [0.15, 0.2) is 46.2 Å². The Labute approximate surface area is 84.4 Å². The molecule has 0 fully saturated rings. The first-order chi connectivity index (χ1) is 6.25. The Balaban J connectivity index is 2.18. The van der Waals surface area contributed by atoms with Gasteiger partial charge in [0, 0.05) is 6.08 Å². The van der Waals surface area contributed by atoms with Gasteiger partial charge in [0.1, 0.15) is 5.76 Å². The number of carbonyl (C=O) groups excluding carboxylic acids is 1. The van der Waals surface area contributed by atoms with Gasteiger partial charge in [-0.2, -0.15) is 0 Å². The average molecular weight is 239 g/mol. The predicted octanol–water partition coefficient (Wildman–Crippen LogP) is 2.59. The van der Waals surface area contributed by atoms with E-state index in [0.717, 1.165) is 12.0 Å². The molecule has 2 rings (SSSR count). The number of cyclic esters (lactones) is 1. The molecule has 0 aromatic carbocycles. The zero-order valence-electron chi connectivity index (χ0n) is 6.79. The first-order valence-corrected chi connectivity index (χ1v) is 4.72. The van der Waals surface area contributed by atoms with E-state index in [4.69, 9.17) is 4.74 Å². The molecule has 2 aliphatic rings. The van der Waals surface area contributed by atoms with Crippen LogP contribution < -0.4 is 0 Å². The summed E-state index contributed by atoms with van der Waals surface area (Å²) in [6.07, 6.45) is 10.2. The number of carbonyl (C=O) groups is 1. The first-order valence-electron chi connectivity index (χ1n) is 3.92. The van der Waals surface area contributed by atoms with Crippen LogP contribution in [0, 0.1) is 0 Å². The van der Waals surface area contributed by atoms with Crippen molar-refractivity contribution in [1.82, 2.24) is 0 Å². The topological polar surface area (TPSA) is 26.3 Å². The van der Waals surface area contributed by atoms with Crippen molar-refractivity contribution >= 4 is 21.9 Å². The van der Waals surface area contributed by atoms with E-state index in [-0.39, 0.29) is 5.97 Å². The van der Waals surface area contributed by atoms with Crippen LogP contribution in [0.5, 0.6) is 0 Å². The number of ether oxygens (including phenoxy) is 1. The molecule has 0 saturated carbocycles. The van der Waals surface area contributed by atoms with Gasteiger partial charge in [-0.1, -0.05) is 18.2 Å². The highest BCUT2D eigenvalue weighted by Gasteiger charge is 2.17. The highest BCUT2D eigenvalue weighted by molar-refractivity contribution is 9.12. The van der Waals surface area contributed by atoms with Gasteiger partial charge in [0.2, 0.25) is 0 Å². The van der Waals surface area contributed by atoms with E-state index >= 15 is 0 Å². The molecule has 66 valence electrons. The van der Waals surface area contributed by atoms with Gasteiger partial charge in [0.15, 0.2) is 0 Å². The minimum absolute atomic E-state index is 0.315. The zero-order valence-corrected chi connectivity index (χ0v) is 8.37. The molecule has 2 nitrogen and oxygen atoms in total. The summed E-state index contributed by atoms with van der Waals surface area (Å²) in [6, 6.07) is 0. The number of hydrogen-bond acceptors (Lipinski definition) is 2. The van der Waals surface area contributed by atoms with Crippen molar-refractivity contribution in [3.63, 3.8) is 0 Å². The number of hydrogen-bond donors (Lipinski definition) is 0. The molecule has 13 heavy (non-hydrogen) atoms. The number of esters is 1. The molecular formula is C10H7BrO2. The molecule has 0 spiro atoms. The molecule has 3 heteroatoms. The summed E-state index contributed by atoms with van der Waals surface area (Å²) in [6.45, 7) is 0. The quantitative estimate of drug-likeness (QED) is 0.657. The number of halogens is 1. The lowest BCUT2D eigenvalue weighted by atomic mass is 10.2. The molecule has 0 aromatic rings. The van der Waals surface area contributed by atoms with Gasteiger partial charge >= 0.3 is 5.97 Å². The Morgan fingerprint density at radius 3 is 2.92 bits per heavy atom. The third-order valence-corrected chi connectivity index (χ3v) is 2.43. The van der Waals surface area contributed by atoms with Crippen molar-refractivity contribution in [1.29, 1.82) is 0 Å². The van der Waals surface area contributed by atoms with E-state index < -0.39 is 0 Å². The minimum Gasteiger partial charge on any atom is -0.422 e. The normalized spacial score (nSPS) is 23.5. The van der Waals surface area contributed by atoms with Crippen LogP contribution in [0.4, 0.5) is 0 Å². The Kier molecular flexibility index (Phi) is 2.19. The highest BCUT2D eigenvalue weighted by atomic mass is 79.9. The van der Waals surface area contributed by atoms with E-state index in [9.17, 15) is 4.79 Å². The van der Waals surface area contributed by atoms with Crippen LogP contribution in [0.1, 0.15) is 6.42 Å². The second-order valence-corrected chi connectivity index (χ2v) is 3.65. The van der Waals surface area contributed by atoms with Gasteiger partial charge in [0.05, 0.1) is 4.48 Å². The van der Waals surface area contributed by atoms with Gasteiger partial charge in [-0.3, -0.25) is 0 Å². The monoisotopic (exact) mass is 238 g/mol. The molecule has 0 atom stereocenters. The van der Waals surface area contributed by atoms with Crippen molar-refractivity contribution in [2.24, 2.45) is 0 Å². The molecule has 0 radical (unpaired) electrons. The summed E-state index contributed by atoms with van der Waals surface area (Å²) in [5.41, 5.74) is 1.15. The maximum absolute atomic E-state index is 10.8. The number of rotatable bonds is 1. The summed E-state index contributed by atoms with van der Waals surface area (Å²) in [7, 11) is 0. The maximum atomic E-state index is 10.8. The summed E-state index contributed by atoms with van der Waals surface area (Å²) < 4.78 is 5.66. The summed E-state index contributed by atoms with van der Waals surface area (Å²) in [5.74, 6) is 0.282. The average Bonchev–Trinajstić information content (AvgIpc) is 2.63. The molecule has 0 unspecified atom stereocenters. The van der Waals surface area contributed by atoms with Crippen LogP contribution in [0.3, 0.4) is 0 Å². The first kappa shape index (κ1) is 8.51. The lowest BCUT2D eigenvalue weighted by Crippen LogP contribution is -1.90. The van der Waals surface area contributed by atoms with E-state index in [1.165, 1.54) is 6.08 Å². The molecule has 0 amide bonds. The van der Waals surface area contributed by atoms with E-state index in [1.54, 1.807) is 0 Å². The van der Waals surface area contributed by atoms with E-state index in [1.807, 2.05) is 18.2 Å². The lowest BCUT2D eigenvalue weighted by Gasteiger charge is -1.98. The Bertz CT molecular complexity index is 372. The van der Waals surface area contributed by atoms with Crippen LogP contribution in [0.2, 0.25) is 0 Å². The van der Waals surface area contributed by atoms with Crippen molar-refractivity contribution in [3.05, 3.63) is 46.2 Å². The molecular weight excluding hydrogens is 232 g/mol. The van der Waals surface area contributed by atoms with Crippen LogP contribution >= 0.6 is 15.9 Å². The molecule has 0 N–H and O–H groups in total. The molecule has 1 aliphatic heterocycles. The van der Waals surface area contributed by atoms with Crippen LogP contribution in [0.25, 0.3) is 0 Å². The lowest BCUT2D eigenvalue weighted by molar-refractivity contribution is -0.132. The zero-order chi connectivity index (χ0) is 9.26. The van der Waals surface area contributed by atoms with Gasteiger partial charge in [-0.25, -0.2) is 4.79 Å². The summed E-state index contributed by atoms with van der Waals surface area (Å²) >= 11 is 3.25. The maximum Gasteiger partial charge on any atom is 0.337 e. The minimum atomic E-state index is -0.315. The molecule has 0 aromatic heterocycles. The predicted molar refractivity (Wildman–Crippen MR) is 53.0 cm³/mol. The van der Waals surface area contributed by atoms with Gasteiger partial charge in [-0.15, -0.1) is 0 Å². The number of allylic oxidation sites excluding steroid dienone is 6. The molecule has 1 aliphatic carbocycles. The van der Waals surface area contributed by atoms with Gasteiger partial charge in [-0.05, 0) is 34.0 Å². The highest BCUT2D eigenvalue weighted by Crippen LogP contribution is 2.27. The van der Waals surface area contributed by atoms with Crippen molar-refractivity contribution in [3.8, 4) is 0 Å². The molecule has 0 bridgehead atoms. The fourth-order valence-electron chi connectivity index (χ4n) is 1.20. The fraction of sp³-hybridized carbons (Fsp3) is 0.100. The summed E-state index contributed by atoms with van der Waals surface area (Å²) in [4.78, 5) is 10.8. The smallest absolute Gasteiger partial charge is 0.337 e.